The van der Waals surface area contributed by atoms with Gasteiger partial charge in [0.25, 0.3) is 0 Å². The van der Waals surface area contributed by atoms with Crippen LogP contribution in [-0.4, -0.2) is 45.9 Å². The largest absolute Gasteiger partial charge is 0.361 e. The lowest BCUT2D eigenvalue weighted by Crippen LogP contribution is -2.44. The van der Waals surface area contributed by atoms with E-state index in [4.69, 9.17) is 0 Å². The third-order valence-electron chi connectivity index (χ3n) is 6.29. The Morgan fingerprint density at radius 2 is 1.72 bits per heavy atom. The summed E-state index contributed by atoms with van der Waals surface area (Å²) in [7, 11) is 0. The molecule has 8 heteroatoms. The molecule has 2 atom stereocenters. The highest BCUT2D eigenvalue weighted by molar-refractivity contribution is 5.94. The zero-order valence-corrected chi connectivity index (χ0v) is 20.4. The van der Waals surface area contributed by atoms with Crippen molar-refractivity contribution in [3.63, 3.8) is 0 Å². The molecule has 2 amide bonds. The van der Waals surface area contributed by atoms with Crippen LogP contribution in [0.4, 0.5) is 0 Å². The van der Waals surface area contributed by atoms with E-state index in [1.54, 1.807) is 0 Å². The highest BCUT2D eigenvalue weighted by Crippen LogP contribution is 2.23. The number of aromatic amines is 2. The van der Waals surface area contributed by atoms with Crippen molar-refractivity contribution in [2.24, 2.45) is 5.92 Å². The van der Waals surface area contributed by atoms with Crippen LogP contribution in [0, 0.1) is 5.92 Å². The molecule has 0 aliphatic heterocycles. The average molecular weight is 487 g/mol. The van der Waals surface area contributed by atoms with Crippen molar-refractivity contribution in [2.75, 3.05) is 6.54 Å². The molecule has 186 valence electrons. The van der Waals surface area contributed by atoms with E-state index >= 15 is 0 Å². The van der Waals surface area contributed by atoms with E-state index in [1.165, 1.54) is 13.8 Å². The van der Waals surface area contributed by atoms with E-state index in [1.807, 2.05) is 60.9 Å². The summed E-state index contributed by atoms with van der Waals surface area (Å²) in [5.41, 5.74) is 3.75. The SMILES string of the molecule is CC(=O)CNC(=O)[C@@H](CC(=O)[C@H](Cc1ccc2[nH]ccc2c1)NC(C)=O)Cc1c[nH]c2ccccc12. The van der Waals surface area contributed by atoms with Gasteiger partial charge in [-0.15, -0.1) is 0 Å². The summed E-state index contributed by atoms with van der Waals surface area (Å²) in [5.74, 6) is -1.78. The molecule has 0 bridgehead atoms. The molecule has 2 heterocycles. The Morgan fingerprint density at radius 1 is 0.917 bits per heavy atom. The fourth-order valence-corrected chi connectivity index (χ4v) is 4.52. The minimum absolute atomic E-state index is 0.0689. The van der Waals surface area contributed by atoms with Crippen molar-refractivity contribution in [1.82, 2.24) is 20.6 Å². The summed E-state index contributed by atoms with van der Waals surface area (Å²) >= 11 is 0. The Hall–Kier alpha value is -4.20. The van der Waals surface area contributed by atoms with Gasteiger partial charge in [-0.3, -0.25) is 19.2 Å². The first-order chi connectivity index (χ1) is 17.3. The number of para-hydroxylation sites is 1. The molecule has 0 saturated carbocycles. The monoisotopic (exact) mass is 486 g/mol. The standard InChI is InChI=1S/C28H30N4O4/c1-17(33)15-31-28(36)21(13-22-16-30-25-6-4-3-5-23(22)25)14-27(35)26(32-18(2)34)12-19-7-8-24-20(11-19)9-10-29-24/h3-11,16,21,26,29-30H,12-15H2,1-2H3,(H,31,36)(H,32,34)/t21-,26+/m1/s1. The van der Waals surface area contributed by atoms with Gasteiger partial charge in [0.2, 0.25) is 11.8 Å². The van der Waals surface area contributed by atoms with Crippen LogP contribution in [0.2, 0.25) is 0 Å². The third kappa shape index (κ3) is 6.07. The van der Waals surface area contributed by atoms with E-state index in [9.17, 15) is 19.2 Å². The molecule has 4 N–H and O–H groups in total. The van der Waals surface area contributed by atoms with E-state index < -0.39 is 12.0 Å². The first-order valence-corrected chi connectivity index (χ1v) is 12.0. The summed E-state index contributed by atoms with van der Waals surface area (Å²) in [6.07, 6.45) is 4.26. The number of H-pyrrole nitrogens is 2. The van der Waals surface area contributed by atoms with Crippen molar-refractivity contribution in [2.45, 2.75) is 39.2 Å². The first kappa shape index (κ1) is 24.9. The number of hydrogen-bond acceptors (Lipinski definition) is 4. The number of ketones is 2. The normalized spacial score (nSPS) is 12.8. The first-order valence-electron chi connectivity index (χ1n) is 12.0. The zero-order chi connectivity index (χ0) is 25.7. The molecule has 0 saturated heterocycles. The molecular weight excluding hydrogens is 456 g/mol. The number of carbonyl (C=O) groups excluding carboxylic acids is 4. The Kier molecular flexibility index (Phi) is 7.63. The number of benzene rings is 2. The molecule has 0 fully saturated rings. The van der Waals surface area contributed by atoms with Crippen molar-refractivity contribution in [3.05, 3.63) is 72.1 Å². The van der Waals surface area contributed by atoms with Crippen molar-refractivity contribution in [3.8, 4) is 0 Å². The van der Waals surface area contributed by atoms with Crippen molar-refractivity contribution < 1.29 is 19.2 Å². The second-order valence-corrected chi connectivity index (χ2v) is 9.21. The highest BCUT2D eigenvalue weighted by atomic mass is 16.2. The Balaban J connectivity index is 1.55. The highest BCUT2D eigenvalue weighted by Gasteiger charge is 2.28. The van der Waals surface area contributed by atoms with Crippen LogP contribution in [-0.2, 0) is 32.0 Å². The molecule has 8 nitrogen and oxygen atoms in total. The van der Waals surface area contributed by atoms with Crippen LogP contribution in [0.5, 0.6) is 0 Å². The lowest BCUT2D eigenvalue weighted by atomic mass is 9.89. The van der Waals surface area contributed by atoms with E-state index in [2.05, 4.69) is 20.6 Å². The zero-order valence-electron chi connectivity index (χ0n) is 20.4. The van der Waals surface area contributed by atoms with Crippen LogP contribution >= 0.6 is 0 Å². The van der Waals surface area contributed by atoms with E-state index in [0.717, 1.165) is 32.9 Å². The number of carbonyl (C=O) groups is 4. The second-order valence-electron chi connectivity index (χ2n) is 9.21. The van der Waals surface area contributed by atoms with E-state index in [0.29, 0.717) is 12.8 Å². The molecule has 4 aromatic rings. The lowest BCUT2D eigenvalue weighted by Gasteiger charge is -2.21. The molecule has 2 aromatic carbocycles. The van der Waals surface area contributed by atoms with Gasteiger partial charge >= 0.3 is 0 Å². The second kappa shape index (κ2) is 11.0. The number of Topliss-reactive ketones (excluding diaryl/α,β-unsaturated/α-hetero) is 2. The van der Waals surface area contributed by atoms with Gasteiger partial charge in [-0.05, 0) is 60.5 Å². The summed E-state index contributed by atoms with van der Waals surface area (Å²) in [4.78, 5) is 56.2. The maximum absolute atomic E-state index is 13.5. The molecule has 0 aliphatic carbocycles. The van der Waals surface area contributed by atoms with Crippen molar-refractivity contribution >= 4 is 45.2 Å². The molecule has 2 aromatic heterocycles. The molecule has 4 rings (SSSR count). The number of amides is 2. The summed E-state index contributed by atoms with van der Waals surface area (Å²) < 4.78 is 0. The van der Waals surface area contributed by atoms with Gasteiger partial charge < -0.3 is 20.6 Å². The van der Waals surface area contributed by atoms with Gasteiger partial charge in [-0.1, -0.05) is 24.3 Å². The molecule has 36 heavy (non-hydrogen) atoms. The molecular formula is C28H30N4O4. The number of hydrogen-bond donors (Lipinski definition) is 4. The maximum atomic E-state index is 13.5. The van der Waals surface area contributed by atoms with Gasteiger partial charge in [0.1, 0.15) is 5.78 Å². The number of fused-ring (bicyclic) bond motifs is 2. The summed E-state index contributed by atoms with van der Waals surface area (Å²) in [6.45, 7) is 2.68. The van der Waals surface area contributed by atoms with Crippen molar-refractivity contribution in [1.29, 1.82) is 0 Å². The molecule has 0 unspecified atom stereocenters. The lowest BCUT2D eigenvalue weighted by molar-refractivity contribution is -0.132. The molecule has 0 spiro atoms. The third-order valence-corrected chi connectivity index (χ3v) is 6.29. The number of nitrogens with one attached hydrogen (secondary N) is 4. The number of aromatic nitrogens is 2. The van der Waals surface area contributed by atoms with Crippen LogP contribution < -0.4 is 10.6 Å². The topological polar surface area (TPSA) is 124 Å². The quantitative estimate of drug-likeness (QED) is 0.260. The van der Waals surface area contributed by atoms with Gasteiger partial charge in [0.05, 0.1) is 12.6 Å². The van der Waals surface area contributed by atoms with Gasteiger partial charge in [-0.2, -0.15) is 0 Å². The van der Waals surface area contributed by atoms with E-state index in [-0.39, 0.29) is 36.3 Å². The van der Waals surface area contributed by atoms with Crippen LogP contribution in [0.1, 0.15) is 31.4 Å². The van der Waals surface area contributed by atoms with Gasteiger partial charge in [0, 0.05) is 48.1 Å². The minimum atomic E-state index is -0.773. The Morgan fingerprint density at radius 3 is 2.50 bits per heavy atom. The summed E-state index contributed by atoms with van der Waals surface area (Å²) in [6, 6.07) is 14.8. The Bertz CT molecular complexity index is 1420. The molecule has 0 aliphatic rings. The average Bonchev–Trinajstić information content (AvgIpc) is 3.48. The maximum Gasteiger partial charge on any atom is 0.224 e. The van der Waals surface area contributed by atoms with Crippen LogP contribution in [0.25, 0.3) is 21.8 Å². The predicted molar refractivity (Wildman–Crippen MR) is 138 cm³/mol. The predicted octanol–water partition coefficient (Wildman–Crippen LogP) is 3.22. The van der Waals surface area contributed by atoms with Crippen LogP contribution in [0.15, 0.2) is 60.9 Å². The fraction of sp³-hybridized carbons (Fsp3) is 0.286. The van der Waals surface area contributed by atoms with Gasteiger partial charge in [0.15, 0.2) is 5.78 Å². The van der Waals surface area contributed by atoms with Gasteiger partial charge in [-0.25, -0.2) is 0 Å². The minimum Gasteiger partial charge on any atom is -0.361 e. The fourth-order valence-electron chi connectivity index (χ4n) is 4.52. The van der Waals surface area contributed by atoms with Crippen LogP contribution in [0.3, 0.4) is 0 Å². The molecule has 0 radical (unpaired) electrons. The smallest absolute Gasteiger partial charge is 0.224 e. The summed E-state index contributed by atoms with van der Waals surface area (Å²) in [5, 5.41) is 7.41. The Labute approximate surface area is 208 Å². The number of rotatable bonds is 11.